The maximum atomic E-state index is 6.20. The van der Waals surface area contributed by atoms with E-state index >= 15 is 0 Å². The summed E-state index contributed by atoms with van der Waals surface area (Å²) in [5, 5.41) is 3.75. The van der Waals surface area contributed by atoms with E-state index in [1.54, 1.807) is 0 Å². The summed E-state index contributed by atoms with van der Waals surface area (Å²) in [4.78, 5) is 0. The Labute approximate surface area is 106 Å². The molecule has 2 heteroatoms. The lowest BCUT2D eigenvalue weighted by Gasteiger charge is -2.29. The van der Waals surface area contributed by atoms with Gasteiger partial charge in [0.05, 0.1) is 0 Å². The van der Waals surface area contributed by atoms with E-state index in [-0.39, 0.29) is 0 Å². The van der Waals surface area contributed by atoms with Gasteiger partial charge in [0.25, 0.3) is 0 Å². The number of hydrogen-bond acceptors (Lipinski definition) is 2. The Morgan fingerprint density at radius 3 is 2.18 bits per heavy atom. The SMILES string of the molecule is NC1CCCCC1CNCC(C1CC1)C1CC1. The minimum absolute atomic E-state index is 0.469. The highest BCUT2D eigenvalue weighted by Gasteiger charge is 2.40. The van der Waals surface area contributed by atoms with Crippen molar-refractivity contribution in [3.8, 4) is 0 Å². The van der Waals surface area contributed by atoms with Crippen LogP contribution in [0.2, 0.25) is 0 Å². The van der Waals surface area contributed by atoms with Gasteiger partial charge in [0.2, 0.25) is 0 Å². The zero-order valence-electron chi connectivity index (χ0n) is 11.0. The molecular weight excluding hydrogens is 208 g/mol. The molecule has 0 bridgehead atoms. The molecule has 0 amide bonds. The van der Waals surface area contributed by atoms with Crippen LogP contribution in [0.4, 0.5) is 0 Å². The van der Waals surface area contributed by atoms with Crippen LogP contribution in [-0.4, -0.2) is 19.1 Å². The molecule has 0 aromatic carbocycles. The molecule has 98 valence electrons. The molecule has 3 aliphatic rings. The summed E-state index contributed by atoms with van der Waals surface area (Å²) < 4.78 is 0. The average molecular weight is 236 g/mol. The molecule has 0 aromatic rings. The van der Waals surface area contributed by atoms with E-state index < -0.39 is 0 Å². The van der Waals surface area contributed by atoms with Crippen LogP contribution >= 0.6 is 0 Å². The quantitative estimate of drug-likeness (QED) is 0.744. The third-order valence-electron chi connectivity index (χ3n) is 5.21. The maximum Gasteiger partial charge on any atom is 0.00792 e. The van der Waals surface area contributed by atoms with Crippen molar-refractivity contribution in [3.05, 3.63) is 0 Å². The summed E-state index contributed by atoms with van der Waals surface area (Å²) in [5.41, 5.74) is 6.20. The van der Waals surface area contributed by atoms with E-state index in [4.69, 9.17) is 5.73 Å². The molecule has 3 saturated carbocycles. The smallest absolute Gasteiger partial charge is 0.00792 e. The molecule has 17 heavy (non-hydrogen) atoms. The van der Waals surface area contributed by atoms with Crippen LogP contribution in [0.1, 0.15) is 51.4 Å². The molecular formula is C15H28N2. The molecule has 0 spiro atoms. The fraction of sp³-hybridized carbons (Fsp3) is 1.00. The van der Waals surface area contributed by atoms with Crippen molar-refractivity contribution in [2.75, 3.05) is 13.1 Å². The van der Waals surface area contributed by atoms with E-state index in [1.807, 2.05) is 0 Å². The molecule has 0 aromatic heterocycles. The summed E-state index contributed by atoms with van der Waals surface area (Å²) in [6, 6.07) is 0.469. The van der Waals surface area contributed by atoms with E-state index in [2.05, 4.69) is 5.32 Å². The van der Waals surface area contributed by atoms with Crippen LogP contribution in [-0.2, 0) is 0 Å². The zero-order valence-corrected chi connectivity index (χ0v) is 11.0. The molecule has 3 aliphatic carbocycles. The predicted molar refractivity (Wildman–Crippen MR) is 71.7 cm³/mol. The summed E-state index contributed by atoms with van der Waals surface area (Å²) in [6.45, 7) is 2.45. The molecule has 0 aliphatic heterocycles. The Morgan fingerprint density at radius 1 is 0.941 bits per heavy atom. The van der Waals surface area contributed by atoms with Gasteiger partial charge < -0.3 is 11.1 Å². The highest BCUT2D eigenvalue weighted by molar-refractivity contribution is 4.92. The van der Waals surface area contributed by atoms with Crippen LogP contribution in [0.25, 0.3) is 0 Å². The second kappa shape index (κ2) is 5.27. The van der Waals surface area contributed by atoms with Crippen molar-refractivity contribution in [2.24, 2.45) is 29.4 Å². The summed E-state index contributed by atoms with van der Waals surface area (Å²) in [7, 11) is 0. The second-order valence-corrected chi connectivity index (χ2v) is 6.71. The van der Waals surface area contributed by atoms with Crippen molar-refractivity contribution in [2.45, 2.75) is 57.4 Å². The van der Waals surface area contributed by atoms with Crippen molar-refractivity contribution < 1.29 is 0 Å². The van der Waals surface area contributed by atoms with Crippen molar-refractivity contribution in [1.29, 1.82) is 0 Å². The van der Waals surface area contributed by atoms with Crippen molar-refractivity contribution in [3.63, 3.8) is 0 Å². The van der Waals surface area contributed by atoms with Gasteiger partial charge >= 0.3 is 0 Å². The first-order chi connectivity index (χ1) is 8.34. The van der Waals surface area contributed by atoms with Crippen LogP contribution in [0, 0.1) is 23.7 Å². The lowest BCUT2D eigenvalue weighted by atomic mass is 9.85. The molecule has 3 fully saturated rings. The maximum absolute atomic E-state index is 6.20. The Balaban J connectivity index is 1.38. The molecule has 3 rings (SSSR count). The summed E-state index contributed by atoms with van der Waals surface area (Å²) >= 11 is 0. The van der Waals surface area contributed by atoms with E-state index in [0.717, 1.165) is 23.7 Å². The third-order valence-corrected chi connectivity index (χ3v) is 5.21. The fourth-order valence-electron chi connectivity index (χ4n) is 3.69. The fourth-order valence-corrected chi connectivity index (χ4v) is 3.69. The lowest BCUT2D eigenvalue weighted by Crippen LogP contribution is -2.40. The predicted octanol–water partition coefficient (Wildman–Crippen LogP) is 2.53. The molecule has 3 N–H and O–H groups in total. The van der Waals surface area contributed by atoms with Gasteiger partial charge in [-0.25, -0.2) is 0 Å². The normalized spacial score (nSPS) is 34.2. The van der Waals surface area contributed by atoms with Gasteiger partial charge in [0.1, 0.15) is 0 Å². The third kappa shape index (κ3) is 3.23. The second-order valence-electron chi connectivity index (χ2n) is 6.71. The van der Waals surface area contributed by atoms with Gasteiger partial charge in [-0.15, -0.1) is 0 Å². The van der Waals surface area contributed by atoms with Crippen LogP contribution in [0.3, 0.4) is 0 Å². The van der Waals surface area contributed by atoms with Gasteiger partial charge in [0.15, 0.2) is 0 Å². The summed E-state index contributed by atoms with van der Waals surface area (Å²) in [6.07, 6.45) is 11.4. The minimum Gasteiger partial charge on any atom is -0.327 e. The Kier molecular flexibility index (Phi) is 3.72. The average Bonchev–Trinajstić information content (AvgIpc) is 3.18. The first kappa shape index (κ1) is 12.0. The van der Waals surface area contributed by atoms with Gasteiger partial charge in [-0.3, -0.25) is 0 Å². The number of nitrogens with two attached hydrogens (primary N) is 1. The number of rotatable bonds is 6. The van der Waals surface area contributed by atoms with Gasteiger partial charge in [-0.2, -0.15) is 0 Å². The molecule has 0 heterocycles. The van der Waals surface area contributed by atoms with Gasteiger partial charge in [0, 0.05) is 6.04 Å². The van der Waals surface area contributed by atoms with Crippen molar-refractivity contribution in [1.82, 2.24) is 5.32 Å². The van der Waals surface area contributed by atoms with E-state index in [9.17, 15) is 0 Å². The minimum atomic E-state index is 0.469. The number of hydrogen-bond donors (Lipinski definition) is 2. The first-order valence-corrected chi connectivity index (χ1v) is 7.81. The Bertz CT molecular complexity index is 233. The van der Waals surface area contributed by atoms with Crippen LogP contribution in [0.5, 0.6) is 0 Å². The van der Waals surface area contributed by atoms with Gasteiger partial charge in [-0.1, -0.05) is 12.8 Å². The van der Waals surface area contributed by atoms with Crippen molar-refractivity contribution >= 4 is 0 Å². The summed E-state index contributed by atoms with van der Waals surface area (Å²) in [5.74, 6) is 3.92. The number of nitrogens with one attached hydrogen (secondary N) is 1. The van der Waals surface area contributed by atoms with Gasteiger partial charge in [-0.05, 0) is 75.3 Å². The molecule has 0 radical (unpaired) electrons. The van der Waals surface area contributed by atoms with Crippen LogP contribution < -0.4 is 11.1 Å². The molecule has 2 nitrogen and oxygen atoms in total. The molecule has 2 unspecified atom stereocenters. The Hall–Kier alpha value is -0.0800. The van der Waals surface area contributed by atoms with Crippen LogP contribution in [0.15, 0.2) is 0 Å². The highest BCUT2D eigenvalue weighted by Crippen LogP contribution is 2.48. The Morgan fingerprint density at radius 2 is 1.59 bits per heavy atom. The largest absolute Gasteiger partial charge is 0.327 e. The molecule has 0 saturated heterocycles. The highest BCUT2D eigenvalue weighted by atomic mass is 14.9. The van der Waals surface area contributed by atoms with E-state index in [0.29, 0.717) is 6.04 Å². The molecule has 2 atom stereocenters. The zero-order chi connectivity index (χ0) is 11.7. The topological polar surface area (TPSA) is 38.0 Å². The van der Waals surface area contributed by atoms with E-state index in [1.165, 1.54) is 64.5 Å². The monoisotopic (exact) mass is 236 g/mol. The lowest BCUT2D eigenvalue weighted by molar-refractivity contribution is 0.282. The first-order valence-electron chi connectivity index (χ1n) is 7.81. The standard InChI is InChI=1S/C15H28N2/c16-15-4-2-1-3-13(15)9-17-10-14(11-5-6-11)12-7-8-12/h11-15,17H,1-10,16H2.